The average molecular weight is 362 g/mol. The van der Waals surface area contributed by atoms with Gasteiger partial charge in [0.2, 0.25) is 0 Å². The Hall–Kier alpha value is -0.160. The molecule has 1 aromatic heterocycles. The number of hydrogen-bond donors (Lipinski definition) is 1. The summed E-state index contributed by atoms with van der Waals surface area (Å²) in [4.78, 5) is 0.949. The van der Waals surface area contributed by atoms with E-state index >= 15 is 0 Å². The Balaban J connectivity index is 2.41. The van der Waals surface area contributed by atoms with Crippen molar-refractivity contribution in [2.75, 3.05) is 0 Å². The second kappa shape index (κ2) is 5.00. The number of aliphatic hydroxyl groups is 1. The summed E-state index contributed by atoms with van der Waals surface area (Å²) < 4.78 is 2.00. The van der Waals surface area contributed by atoms with E-state index in [-0.39, 0.29) is 0 Å². The highest BCUT2D eigenvalue weighted by molar-refractivity contribution is 9.10. The topological polar surface area (TPSA) is 20.2 Å². The molecule has 0 aliphatic heterocycles. The van der Waals surface area contributed by atoms with Gasteiger partial charge in [-0.25, -0.2) is 0 Å². The molecule has 1 heterocycles. The van der Waals surface area contributed by atoms with Gasteiger partial charge in [-0.1, -0.05) is 22.0 Å². The van der Waals surface area contributed by atoms with Crippen LogP contribution in [-0.2, 0) is 0 Å². The summed E-state index contributed by atoms with van der Waals surface area (Å²) in [6.07, 6.45) is -0.553. The van der Waals surface area contributed by atoms with Gasteiger partial charge < -0.3 is 5.11 Å². The van der Waals surface area contributed by atoms with Crippen LogP contribution in [0.25, 0.3) is 0 Å². The molecule has 1 unspecified atom stereocenters. The van der Waals surface area contributed by atoms with Crippen molar-refractivity contribution in [3.8, 4) is 0 Å². The Kier molecular flexibility index (Phi) is 3.85. The molecule has 0 saturated heterocycles. The van der Waals surface area contributed by atoms with Gasteiger partial charge in [0, 0.05) is 8.95 Å². The predicted molar refractivity (Wildman–Crippen MR) is 75.0 cm³/mol. The Bertz CT molecular complexity index is 507. The first-order valence-corrected chi connectivity index (χ1v) is 7.23. The molecule has 0 radical (unpaired) electrons. The molecule has 2 aromatic rings. The number of benzene rings is 1. The zero-order chi connectivity index (χ0) is 11.7. The lowest BCUT2D eigenvalue weighted by Crippen LogP contribution is -2.00. The fourth-order valence-corrected chi connectivity index (χ4v) is 3.65. The van der Waals surface area contributed by atoms with Crippen molar-refractivity contribution in [1.29, 1.82) is 0 Å². The predicted octanol–water partition coefficient (Wildman–Crippen LogP) is 4.66. The van der Waals surface area contributed by atoms with Crippen LogP contribution in [0, 0.1) is 6.92 Å². The van der Waals surface area contributed by atoms with E-state index in [4.69, 9.17) is 0 Å². The first-order chi connectivity index (χ1) is 7.59. The van der Waals surface area contributed by atoms with Crippen molar-refractivity contribution in [2.24, 2.45) is 0 Å². The van der Waals surface area contributed by atoms with E-state index < -0.39 is 6.10 Å². The fraction of sp³-hybridized carbons (Fsp3) is 0.167. The lowest BCUT2D eigenvalue weighted by atomic mass is 10.0. The number of hydrogen-bond acceptors (Lipinski definition) is 2. The van der Waals surface area contributed by atoms with E-state index in [0.29, 0.717) is 0 Å². The number of halogens is 2. The largest absolute Gasteiger partial charge is 0.383 e. The summed E-state index contributed by atoms with van der Waals surface area (Å²) in [5, 5.41) is 12.3. The number of rotatable bonds is 2. The van der Waals surface area contributed by atoms with Crippen LogP contribution in [0.1, 0.15) is 22.1 Å². The molecule has 0 saturated carbocycles. The summed E-state index contributed by atoms with van der Waals surface area (Å²) in [6.45, 7) is 2.00. The molecule has 1 atom stereocenters. The fourth-order valence-electron chi connectivity index (χ4n) is 1.59. The maximum absolute atomic E-state index is 10.3. The highest BCUT2D eigenvalue weighted by Gasteiger charge is 2.16. The van der Waals surface area contributed by atoms with Crippen molar-refractivity contribution >= 4 is 43.2 Å². The van der Waals surface area contributed by atoms with Crippen molar-refractivity contribution in [3.63, 3.8) is 0 Å². The Morgan fingerprint density at radius 2 is 2.00 bits per heavy atom. The molecule has 16 heavy (non-hydrogen) atoms. The van der Waals surface area contributed by atoms with Crippen molar-refractivity contribution < 1.29 is 5.11 Å². The van der Waals surface area contributed by atoms with E-state index in [2.05, 4.69) is 31.9 Å². The Labute approximate surface area is 115 Å². The van der Waals surface area contributed by atoms with Crippen LogP contribution >= 0.6 is 43.2 Å². The van der Waals surface area contributed by atoms with Gasteiger partial charge in [-0.2, -0.15) is 0 Å². The zero-order valence-corrected chi connectivity index (χ0v) is 12.6. The molecular weight excluding hydrogens is 352 g/mol. The molecule has 1 nitrogen and oxygen atoms in total. The van der Waals surface area contributed by atoms with Gasteiger partial charge >= 0.3 is 0 Å². The number of aliphatic hydroxyl groups excluding tert-OH is 1. The first kappa shape index (κ1) is 12.3. The van der Waals surface area contributed by atoms with Gasteiger partial charge in [0.05, 0.1) is 4.88 Å². The third-order valence-corrected chi connectivity index (χ3v) is 4.84. The minimum atomic E-state index is -0.553. The van der Waals surface area contributed by atoms with Gasteiger partial charge in [0.15, 0.2) is 0 Å². The van der Waals surface area contributed by atoms with Crippen LogP contribution in [0.15, 0.2) is 38.6 Å². The number of aryl methyl sites for hydroxylation is 1. The van der Waals surface area contributed by atoms with Crippen molar-refractivity contribution in [2.45, 2.75) is 13.0 Å². The van der Waals surface area contributed by atoms with Crippen LogP contribution in [0.2, 0.25) is 0 Å². The normalized spacial score (nSPS) is 12.8. The van der Waals surface area contributed by atoms with E-state index in [1.54, 1.807) is 11.3 Å². The lowest BCUT2D eigenvalue weighted by Gasteiger charge is -2.13. The second-order valence-electron chi connectivity index (χ2n) is 3.54. The van der Waals surface area contributed by atoms with Gasteiger partial charge in [0.1, 0.15) is 6.10 Å². The maximum atomic E-state index is 10.3. The smallest absolute Gasteiger partial charge is 0.115 e. The molecule has 0 fully saturated rings. The minimum Gasteiger partial charge on any atom is -0.383 e. The first-order valence-electron chi connectivity index (χ1n) is 4.76. The third kappa shape index (κ3) is 2.40. The molecule has 0 aliphatic rings. The third-order valence-electron chi connectivity index (χ3n) is 2.42. The van der Waals surface area contributed by atoms with Crippen LogP contribution < -0.4 is 0 Å². The zero-order valence-electron chi connectivity index (χ0n) is 8.58. The van der Waals surface area contributed by atoms with Gasteiger partial charge in [-0.3, -0.25) is 0 Å². The lowest BCUT2D eigenvalue weighted by molar-refractivity contribution is 0.222. The van der Waals surface area contributed by atoms with E-state index in [9.17, 15) is 5.11 Å². The summed E-state index contributed by atoms with van der Waals surface area (Å²) >= 11 is 8.42. The number of thiophene rings is 1. The van der Waals surface area contributed by atoms with Gasteiger partial charge in [-0.05, 0) is 57.6 Å². The molecule has 0 bridgehead atoms. The molecule has 4 heteroatoms. The SMILES string of the molecule is Cc1cc(Br)ccc1C(O)c1sccc1Br. The standard InChI is InChI=1S/C12H10Br2OS/c1-7-6-8(13)2-3-9(7)11(15)12-10(14)4-5-16-12/h2-6,11,15H,1H3. The quantitative estimate of drug-likeness (QED) is 0.824. The van der Waals surface area contributed by atoms with E-state index in [0.717, 1.165) is 24.9 Å². The van der Waals surface area contributed by atoms with E-state index in [1.165, 1.54) is 0 Å². The molecule has 1 aromatic carbocycles. The monoisotopic (exact) mass is 360 g/mol. The van der Waals surface area contributed by atoms with Gasteiger partial charge in [0.25, 0.3) is 0 Å². The molecule has 0 aliphatic carbocycles. The van der Waals surface area contributed by atoms with Gasteiger partial charge in [-0.15, -0.1) is 11.3 Å². The average Bonchev–Trinajstić information content (AvgIpc) is 2.63. The Morgan fingerprint density at radius 3 is 2.56 bits per heavy atom. The molecule has 1 N–H and O–H groups in total. The second-order valence-corrected chi connectivity index (χ2v) is 6.25. The van der Waals surface area contributed by atoms with Crippen LogP contribution in [-0.4, -0.2) is 5.11 Å². The molecule has 2 rings (SSSR count). The molecule has 84 valence electrons. The highest BCUT2D eigenvalue weighted by atomic mass is 79.9. The maximum Gasteiger partial charge on any atom is 0.115 e. The minimum absolute atomic E-state index is 0.553. The van der Waals surface area contributed by atoms with Crippen molar-refractivity contribution in [1.82, 2.24) is 0 Å². The Morgan fingerprint density at radius 1 is 1.25 bits per heavy atom. The summed E-state index contributed by atoms with van der Waals surface area (Å²) in [5.74, 6) is 0. The van der Waals surface area contributed by atoms with Crippen LogP contribution in [0.4, 0.5) is 0 Å². The molecule has 0 spiro atoms. The highest BCUT2D eigenvalue weighted by Crippen LogP contribution is 2.34. The van der Waals surface area contributed by atoms with Crippen LogP contribution in [0.5, 0.6) is 0 Å². The molecular formula is C12H10Br2OS. The summed E-state index contributed by atoms with van der Waals surface area (Å²) in [5.41, 5.74) is 2.04. The summed E-state index contributed by atoms with van der Waals surface area (Å²) in [7, 11) is 0. The van der Waals surface area contributed by atoms with Crippen LogP contribution in [0.3, 0.4) is 0 Å². The summed E-state index contributed by atoms with van der Waals surface area (Å²) in [6, 6.07) is 7.88. The van der Waals surface area contributed by atoms with E-state index in [1.807, 2.05) is 36.6 Å². The molecule has 0 amide bonds. The van der Waals surface area contributed by atoms with Crippen molar-refractivity contribution in [3.05, 3.63) is 54.6 Å².